The molecule has 0 heterocycles. The molecule has 1 atom stereocenters. The number of esters is 1. The number of nitrogens with zero attached hydrogens (tertiary/aromatic N) is 2. The number of carbonyl (C=O) groups is 2. The van der Waals surface area contributed by atoms with Gasteiger partial charge in [0.1, 0.15) is 6.07 Å². The second-order valence-electron chi connectivity index (χ2n) is 5.34. The van der Waals surface area contributed by atoms with Crippen LogP contribution in [0.15, 0.2) is 48.5 Å². The summed E-state index contributed by atoms with van der Waals surface area (Å²) in [7, 11) is 0. The van der Waals surface area contributed by atoms with Crippen LogP contribution in [-0.2, 0) is 20.7 Å². The topological polar surface area (TPSA) is 122 Å². The van der Waals surface area contributed by atoms with Crippen molar-refractivity contribution in [2.24, 2.45) is 0 Å². The van der Waals surface area contributed by atoms with E-state index in [1.54, 1.807) is 30.3 Å². The van der Waals surface area contributed by atoms with Gasteiger partial charge >= 0.3 is 5.97 Å². The third-order valence-electron chi connectivity index (χ3n) is 3.51. The Morgan fingerprint density at radius 3 is 2.58 bits per heavy atom. The normalized spacial score (nSPS) is 11.1. The van der Waals surface area contributed by atoms with E-state index in [1.807, 2.05) is 6.07 Å². The Bertz CT molecular complexity index is 888. The molecule has 2 aromatic carbocycles. The molecule has 8 heteroatoms. The molecule has 0 bridgehead atoms. The van der Waals surface area contributed by atoms with Crippen LogP contribution < -0.4 is 5.32 Å². The van der Waals surface area contributed by atoms with Crippen molar-refractivity contribution in [1.29, 1.82) is 5.26 Å². The maximum atomic E-state index is 12.1. The molecule has 1 amide bonds. The summed E-state index contributed by atoms with van der Waals surface area (Å²) < 4.78 is 5.04. The largest absolute Gasteiger partial charge is 0.452 e. The Kier molecular flexibility index (Phi) is 6.01. The van der Waals surface area contributed by atoms with E-state index in [-0.39, 0.29) is 23.2 Å². The van der Waals surface area contributed by atoms with E-state index in [4.69, 9.17) is 10.00 Å². The molecule has 0 aliphatic rings. The van der Waals surface area contributed by atoms with Gasteiger partial charge in [-0.15, -0.1) is 0 Å². The summed E-state index contributed by atoms with van der Waals surface area (Å²) in [5.74, 6) is -1.38. The third-order valence-corrected chi connectivity index (χ3v) is 3.51. The van der Waals surface area contributed by atoms with Gasteiger partial charge in [0.15, 0.2) is 6.10 Å². The van der Waals surface area contributed by atoms with Gasteiger partial charge in [-0.05, 0) is 19.1 Å². The number of anilines is 1. The molecule has 0 saturated heterocycles. The quantitative estimate of drug-likeness (QED) is 0.484. The van der Waals surface area contributed by atoms with Crippen LogP contribution in [0.2, 0.25) is 0 Å². The molecule has 0 radical (unpaired) electrons. The van der Waals surface area contributed by atoms with Crippen LogP contribution in [0.3, 0.4) is 0 Å². The zero-order chi connectivity index (χ0) is 19.1. The van der Waals surface area contributed by atoms with E-state index in [1.165, 1.54) is 25.1 Å². The number of hydrogen-bond donors (Lipinski definition) is 1. The Hall–Kier alpha value is -3.73. The van der Waals surface area contributed by atoms with Gasteiger partial charge in [0, 0.05) is 11.6 Å². The van der Waals surface area contributed by atoms with Crippen LogP contribution >= 0.6 is 0 Å². The van der Waals surface area contributed by atoms with Gasteiger partial charge in [-0.3, -0.25) is 19.7 Å². The second kappa shape index (κ2) is 8.39. The van der Waals surface area contributed by atoms with Gasteiger partial charge in [-0.1, -0.05) is 30.3 Å². The van der Waals surface area contributed by atoms with E-state index in [0.29, 0.717) is 5.69 Å². The maximum absolute atomic E-state index is 12.1. The zero-order valence-electron chi connectivity index (χ0n) is 13.8. The van der Waals surface area contributed by atoms with Crippen molar-refractivity contribution >= 4 is 23.3 Å². The predicted octanol–water partition coefficient (Wildman–Crippen LogP) is 2.58. The Labute approximate surface area is 149 Å². The van der Waals surface area contributed by atoms with Gasteiger partial charge in [0.05, 0.1) is 22.6 Å². The van der Waals surface area contributed by atoms with E-state index in [9.17, 15) is 19.7 Å². The van der Waals surface area contributed by atoms with E-state index >= 15 is 0 Å². The number of rotatable bonds is 6. The first-order chi connectivity index (χ1) is 12.4. The number of carbonyl (C=O) groups excluding carboxylic acids is 2. The monoisotopic (exact) mass is 353 g/mol. The van der Waals surface area contributed by atoms with Gasteiger partial charge in [-0.25, -0.2) is 0 Å². The molecule has 0 fully saturated rings. The number of amides is 1. The number of para-hydroxylation sites is 2. The maximum Gasteiger partial charge on any atom is 0.311 e. The van der Waals surface area contributed by atoms with Crippen LogP contribution in [0.4, 0.5) is 11.4 Å². The standard InChI is InChI=1S/C18H15N3O5/c1-12(18(23)20-15-8-4-2-7-14(15)11-19)26-17(22)10-13-6-3-5-9-16(13)21(24)25/h2-9,12H,10H2,1H3,(H,20,23)/t12-/m1/s1. The molecule has 2 rings (SSSR count). The smallest absolute Gasteiger partial charge is 0.311 e. The zero-order valence-corrected chi connectivity index (χ0v) is 13.8. The number of nitro benzene ring substituents is 1. The van der Waals surface area contributed by atoms with Gasteiger partial charge in [0.2, 0.25) is 0 Å². The molecular formula is C18H15N3O5. The fourth-order valence-electron chi connectivity index (χ4n) is 2.21. The molecule has 0 saturated carbocycles. The number of hydrogen-bond acceptors (Lipinski definition) is 6. The highest BCUT2D eigenvalue weighted by molar-refractivity contribution is 5.96. The predicted molar refractivity (Wildman–Crippen MR) is 92.1 cm³/mol. The lowest BCUT2D eigenvalue weighted by atomic mass is 10.1. The summed E-state index contributed by atoms with van der Waals surface area (Å²) in [6.07, 6.45) is -1.46. The minimum Gasteiger partial charge on any atom is -0.452 e. The van der Waals surface area contributed by atoms with Crippen molar-refractivity contribution in [1.82, 2.24) is 0 Å². The molecule has 0 spiro atoms. The summed E-state index contributed by atoms with van der Waals surface area (Å²) in [5, 5.41) is 22.5. The van der Waals surface area contributed by atoms with Crippen LogP contribution in [0.25, 0.3) is 0 Å². The Morgan fingerprint density at radius 2 is 1.88 bits per heavy atom. The highest BCUT2D eigenvalue weighted by atomic mass is 16.6. The molecule has 0 unspecified atom stereocenters. The molecule has 0 aromatic heterocycles. The van der Waals surface area contributed by atoms with E-state index < -0.39 is 22.9 Å². The molecule has 8 nitrogen and oxygen atoms in total. The average Bonchev–Trinajstić information content (AvgIpc) is 2.62. The molecule has 2 aromatic rings. The lowest BCUT2D eigenvalue weighted by Gasteiger charge is -2.14. The average molecular weight is 353 g/mol. The summed E-state index contributed by atoms with van der Waals surface area (Å²) >= 11 is 0. The van der Waals surface area contributed by atoms with Crippen molar-refractivity contribution in [3.8, 4) is 6.07 Å². The van der Waals surface area contributed by atoms with E-state index in [2.05, 4.69) is 5.32 Å². The minimum absolute atomic E-state index is 0.190. The van der Waals surface area contributed by atoms with Crippen LogP contribution in [0.5, 0.6) is 0 Å². The lowest BCUT2D eigenvalue weighted by Crippen LogP contribution is -2.30. The highest BCUT2D eigenvalue weighted by Crippen LogP contribution is 2.19. The van der Waals surface area contributed by atoms with Crippen molar-refractivity contribution in [2.75, 3.05) is 5.32 Å². The first kappa shape index (κ1) is 18.6. The van der Waals surface area contributed by atoms with Gasteiger partial charge in [0.25, 0.3) is 11.6 Å². The number of nitriles is 1. The van der Waals surface area contributed by atoms with Crippen LogP contribution in [0, 0.1) is 21.4 Å². The SMILES string of the molecule is C[C@@H](OC(=O)Cc1ccccc1[N+](=O)[O-])C(=O)Nc1ccccc1C#N. The van der Waals surface area contributed by atoms with Crippen molar-refractivity contribution in [3.05, 3.63) is 69.8 Å². The van der Waals surface area contributed by atoms with Gasteiger partial charge < -0.3 is 10.1 Å². The minimum atomic E-state index is -1.13. The summed E-state index contributed by atoms with van der Waals surface area (Å²) in [6, 6.07) is 14.2. The summed E-state index contributed by atoms with van der Waals surface area (Å²) in [6.45, 7) is 1.38. The first-order valence-corrected chi connectivity index (χ1v) is 7.64. The molecule has 0 aliphatic heterocycles. The summed E-state index contributed by atoms with van der Waals surface area (Å²) in [5.41, 5.74) is 0.593. The molecule has 1 N–H and O–H groups in total. The number of ether oxygens (including phenoxy) is 1. The van der Waals surface area contributed by atoms with E-state index in [0.717, 1.165) is 0 Å². The fraction of sp³-hybridized carbons (Fsp3) is 0.167. The van der Waals surface area contributed by atoms with Crippen molar-refractivity contribution < 1.29 is 19.2 Å². The fourth-order valence-corrected chi connectivity index (χ4v) is 2.21. The number of benzene rings is 2. The van der Waals surface area contributed by atoms with Crippen LogP contribution in [-0.4, -0.2) is 22.9 Å². The first-order valence-electron chi connectivity index (χ1n) is 7.64. The van der Waals surface area contributed by atoms with Crippen molar-refractivity contribution in [3.63, 3.8) is 0 Å². The third kappa shape index (κ3) is 4.64. The number of nitro groups is 1. The summed E-state index contributed by atoms with van der Waals surface area (Å²) in [4.78, 5) is 34.5. The molecule has 0 aliphatic carbocycles. The van der Waals surface area contributed by atoms with Crippen molar-refractivity contribution in [2.45, 2.75) is 19.4 Å². The Balaban J connectivity index is 2.00. The lowest BCUT2D eigenvalue weighted by molar-refractivity contribution is -0.385. The molecular weight excluding hydrogens is 338 g/mol. The van der Waals surface area contributed by atoms with Crippen LogP contribution in [0.1, 0.15) is 18.1 Å². The molecule has 132 valence electrons. The number of nitrogens with one attached hydrogen (secondary N) is 1. The Morgan fingerprint density at radius 1 is 1.23 bits per heavy atom. The highest BCUT2D eigenvalue weighted by Gasteiger charge is 2.21. The second-order valence-corrected chi connectivity index (χ2v) is 5.34. The molecule has 26 heavy (non-hydrogen) atoms. The van der Waals surface area contributed by atoms with Gasteiger partial charge in [-0.2, -0.15) is 5.26 Å².